The topological polar surface area (TPSA) is 18.5 Å². The lowest BCUT2D eigenvalue weighted by Crippen LogP contribution is -2.45. The van der Waals surface area contributed by atoms with Crippen LogP contribution in [0.4, 0.5) is 0 Å². The molecule has 1 N–H and O–H groups in total. The summed E-state index contributed by atoms with van der Waals surface area (Å²) in [6, 6.07) is 0.887. The van der Waals surface area contributed by atoms with E-state index in [1.165, 1.54) is 71.4 Å². The van der Waals surface area contributed by atoms with Crippen LogP contribution in [0.25, 0.3) is 0 Å². The van der Waals surface area contributed by atoms with Crippen LogP contribution in [-0.2, 0) is 0 Å². The van der Waals surface area contributed by atoms with Crippen molar-refractivity contribution in [3.63, 3.8) is 0 Å². The molecule has 104 valence electrons. The molecule has 0 radical (unpaired) electrons. The quantitative estimate of drug-likeness (QED) is 0.690. The second-order valence-electron chi connectivity index (χ2n) is 6.65. The van der Waals surface area contributed by atoms with Crippen LogP contribution in [0.5, 0.6) is 0 Å². The largest absolute Gasteiger partial charge is 0.313 e. The maximum absolute atomic E-state index is 3.85. The molecule has 18 heavy (non-hydrogen) atoms. The first-order chi connectivity index (χ1) is 8.83. The van der Waals surface area contributed by atoms with Crippen LogP contribution in [0, 0.1) is 11.8 Å². The van der Waals surface area contributed by atoms with E-state index in [0.717, 1.165) is 17.9 Å². The Morgan fingerprint density at radius 3 is 2.17 bits per heavy atom. The van der Waals surface area contributed by atoms with Crippen LogP contribution in [0.2, 0.25) is 0 Å². The van der Waals surface area contributed by atoms with Crippen LogP contribution in [0.1, 0.15) is 32.1 Å². The first-order valence-corrected chi connectivity index (χ1v) is 7.97. The van der Waals surface area contributed by atoms with Crippen LogP contribution in [0.15, 0.2) is 0 Å². The van der Waals surface area contributed by atoms with E-state index in [1.807, 2.05) is 0 Å². The number of hydrogen-bond acceptors (Lipinski definition) is 3. The highest BCUT2D eigenvalue weighted by atomic mass is 15.2. The van der Waals surface area contributed by atoms with Crippen molar-refractivity contribution < 1.29 is 0 Å². The van der Waals surface area contributed by atoms with Gasteiger partial charge >= 0.3 is 0 Å². The van der Waals surface area contributed by atoms with E-state index in [0.29, 0.717) is 0 Å². The van der Waals surface area contributed by atoms with Gasteiger partial charge in [-0.3, -0.25) is 0 Å². The minimum atomic E-state index is 0.887. The lowest BCUT2D eigenvalue weighted by molar-refractivity contribution is 0.152. The van der Waals surface area contributed by atoms with Crippen molar-refractivity contribution in [2.24, 2.45) is 11.8 Å². The molecule has 3 aliphatic rings. The average molecular weight is 251 g/mol. The summed E-state index contributed by atoms with van der Waals surface area (Å²) >= 11 is 0. The zero-order chi connectivity index (χ0) is 12.4. The van der Waals surface area contributed by atoms with E-state index < -0.39 is 0 Å². The number of hydrogen-bond donors (Lipinski definition) is 1. The summed E-state index contributed by atoms with van der Waals surface area (Å²) in [5.74, 6) is 2.09. The van der Waals surface area contributed by atoms with Crippen molar-refractivity contribution in [3.05, 3.63) is 0 Å². The highest BCUT2D eigenvalue weighted by Crippen LogP contribution is 2.44. The fraction of sp³-hybridized carbons (Fsp3) is 1.00. The minimum absolute atomic E-state index is 0.887. The minimum Gasteiger partial charge on any atom is -0.313 e. The molecule has 2 aliphatic carbocycles. The van der Waals surface area contributed by atoms with Crippen LogP contribution in [0.3, 0.4) is 0 Å². The maximum Gasteiger partial charge on any atom is 0.0124 e. The van der Waals surface area contributed by atoms with Gasteiger partial charge in [0, 0.05) is 32.2 Å². The molecule has 0 bridgehead atoms. The van der Waals surface area contributed by atoms with Gasteiger partial charge < -0.3 is 15.1 Å². The molecule has 3 fully saturated rings. The molecule has 0 aromatic rings. The lowest BCUT2D eigenvalue weighted by Gasteiger charge is -2.32. The summed E-state index contributed by atoms with van der Waals surface area (Å²) in [5, 5.41) is 3.85. The molecule has 3 rings (SSSR count). The molecule has 1 aliphatic heterocycles. The molecule has 0 spiro atoms. The van der Waals surface area contributed by atoms with Crippen molar-refractivity contribution in [2.75, 3.05) is 46.3 Å². The number of nitrogens with one attached hydrogen (secondary N) is 1. The maximum atomic E-state index is 3.85. The number of nitrogens with zero attached hydrogens (tertiary/aromatic N) is 2. The predicted octanol–water partition coefficient (Wildman–Crippen LogP) is 1.40. The smallest absolute Gasteiger partial charge is 0.0124 e. The van der Waals surface area contributed by atoms with Gasteiger partial charge in [-0.2, -0.15) is 0 Å². The monoisotopic (exact) mass is 251 g/mol. The third-order valence-electron chi connectivity index (χ3n) is 4.89. The molecular formula is C15H29N3. The molecule has 2 saturated carbocycles. The molecule has 0 amide bonds. The summed E-state index contributed by atoms with van der Waals surface area (Å²) in [6.45, 7) is 7.57. The van der Waals surface area contributed by atoms with Crippen LogP contribution < -0.4 is 5.32 Å². The molecule has 1 heterocycles. The Morgan fingerprint density at radius 2 is 1.61 bits per heavy atom. The van der Waals surface area contributed by atoms with E-state index in [4.69, 9.17) is 0 Å². The summed E-state index contributed by atoms with van der Waals surface area (Å²) < 4.78 is 0. The standard InChI is InChI=1S/C15H29N3/c1-17-9-11-18(12-10-17)8-2-7-16-15(13-3-4-13)14-5-6-14/h13-16H,2-12H2,1H3. The fourth-order valence-electron chi connectivity index (χ4n) is 3.27. The van der Waals surface area contributed by atoms with Crippen molar-refractivity contribution in [1.82, 2.24) is 15.1 Å². The van der Waals surface area contributed by atoms with Gasteiger partial charge in [0.05, 0.1) is 0 Å². The third-order valence-corrected chi connectivity index (χ3v) is 4.89. The molecule has 0 aromatic heterocycles. The predicted molar refractivity (Wildman–Crippen MR) is 75.8 cm³/mol. The molecule has 3 heteroatoms. The number of rotatable bonds is 7. The van der Waals surface area contributed by atoms with Crippen molar-refractivity contribution in [3.8, 4) is 0 Å². The Hall–Kier alpha value is -0.120. The van der Waals surface area contributed by atoms with Gasteiger partial charge in [0.25, 0.3) is 0 Å². The first-order valence-electron chi connectivity index (χ1n) is 7.97. The molecule has 0 atom stereocenters. The van der Waals surface area contributed by atoms with Gasteiger partial charge in [-0.05, 0) is 64.1 Å². The highest BCUT2D eigenvalue weighted by Gasteiger charge is 2.40. The third kappa shape index (κ3) is 3.69. The molecular weight excluding hydrogens is 222 g/mol. The summed E-state index contributed by atoms with van der Waals surface area (Å²) in [7, 11) is 2.23. The van der Waals surface area contributed by atoms with Gasteiger partial charge in [0.1, 0.15) is 0 Å². The van der Waals surface area contributed by atoms with E-state index >= 15 is 0 Å². The van der Waals surface area contributed by atoms with Gasteiger partial charge in [-0.1, -0.05) is 0 Å². The summed E-state index contributed by atoms with van der Waals surface area (Å²) in [6.07, 6.45) is 7.30. The Morgan fingerprint density at radius 1 is 1.00 bits per heavy atom. The zero-order valence-corrected chi connectivity index (χ0v) is 11.9. The van der Waals surface area contributed by atoms with E-state index in [9.17, 15) is 0 Å². The lowest BCUT2D eigenvalue weighted by atomic mass is 10.1. The molecule has 0 aromatic carbocycles. The number of piperazine rings is 1. The van der Waals surface area contributed by atoms with Gasteiger partial charge in [0.2, 0.25) is 0 Å². The average Bonchev–Trinajstić information content (AvgIpc) is 3.25. The van der Waals surface area contributed by atoms with Crippen LogP contribution in [-0.4, -0.2) is 62.2 Å². The normalized spacial score (nSPS) is 27.0. The Bertz CT molecular complexity index is 240. The molecule has 3 nitrogen and oxygen atoms in total. The SMILES string of the molecule is CN1CCN(CCCNC(C2CC2)C2CC2)CC1. The molecule has 1 saturated heterocycles. The van der Waals surface area contributed by atoms with Gasteiger partial charge in [0.15, 0.2) is 0 Å². The summed E-state index contributed by atoms with van der Waals surface area (Å²) in [5.41, 5.74) is 0. The first kappa shape index (κ1) is 12.9. The fourth-order valence-corrected chi connectivity index (χ4v) is 3.27. The highest BCUT2D eigenvalue weighted by molar-refractivity contribution is 4.96. The zero-order valence-electron chi connectivity index (χ0n) is 11.9. The molecule has 0 unspecified atom stereocenters. The van der Waals surface area contributed by atoms with E-state index in [1.54, 1.807) is 0 Å². The van der Waals surface area contributed by atoms with E-state index in [2.05, 4.69) is 22.2 Å². The van der Waals surface area contributed by atoms with Crippen molar-refractivity contribution in [2.45, 2.75) is 38.1 Å². The van der Waals surface area contributed by atoms with Crippen molar-refractivity contribution in [1.29, 1.82) is 0 Å². The van der Waals surface area contributed by atoms with E-state index in [-0.39, 0.29) is 0 Å². The summed E-state index contributed by atoms with van der Waals surface area (Å²) in [4.78, 5) is 5.07. The second kappa shape index (κ2) is 5.89. The van der Waals surface area contributed by atoms with Crippen LogP contribution >= 0.6 is 0 Å². The second-order valence-corrected chi connectivity index (χ2v) is 6.65. The van der Waals surface area contributed by atoms with Gasteiger partial charge in [-0.15, -0.1) is 0 Å². The van der Waals surface area contributed by atoms with Gasteiger partial charge in [-0.25, -0.2) is 0 Å². The Kier molecular flexibility index (Phi) is 4.22. The van der Waals surface area contributed by atoms with Crippen molar-refractivity contribution >= 4 is 0 Å². The Balaban J connectivity index is 1.27. The number of likely N-dealkylation sites (N-methyl/N-ethyl adjacent to an activating group) is 1. The Labute approximate surface area is 112 Å².